The molecular formula is C13H13FN2OS. The average Bonchev–Trinajstić information content (AvgIpc) is 3.01. The van der Waals surface area contributed by atoms with E-state index < -0.39 is 0 Å². The van der Waals surface area contributed by atoms with Gasteiger partial charge in [-0.3, -0.25) is 9.79 Å². The van der Waals surface area contributed by atoms with Crippen molar-refractivity contribution < 1.29 is 9.18 Å². The first-order valence-corrected chi connectivity index (χ1v) is 6.96. The van der Waals surface area contributed by atoms with Gasteiger partial charge in [0.1, 0.15) is 5.82 Å². The van der Waals surface area contributed by atoms with Gasteiger partial charge in [-0.15, -0.1) is 0 Å². The Hall–Kier alpha value is -1.36. The minimum atomic E-state index is -0.239. The molecule has 18 heavy (non-hydrogen) atoms. The van der Waals surface area contributed by atoms with Gasteiger partial charge < -0.3 is 5.32 Å². The fourth-order valence-corrected chi connectivity index (χ4v) is 2.90. The topological polar surface area (TPSA) is 41.5 Å². The van der Waals surface area contributed by atoms with Gasteiger partial charge in [-0.1, -0.05) is 23.9 Å². The first-order valence-electron chi connectivity index (χ1n) is 5.97. The largest absolute Gasteiger partial charge is 0.305 e. The molecule has 1 fully saturated rings. The zero-order chi connectivity index (χ0) is 12.5. The molecule has 94 valence electrons. The second kappa shape index (κ2) is 4.72. The van der Waals surface area contributed by atoms with E-state index in [0.717, 1.165) is 29.4 Å². The molecule has 0 saturated heterocycles. The summed E-state index contributed by atoms with van der Waals surface area (Å²) in [5.41, 5.74) is 1.04. The van der Waals surface area contributed by atoms with Crippen LogP contribution in [-0.4, -0.2) is 23.4 Å². The molecule has 1 aromatic carbocycles. The summed E-state index contributed by atoms with van der Waals surface area (Å²) in [7, 11) is 0. The number of amides is 1. The molecule has 0 aromatic heterocycles. The maximum absolute atomic E-state index is 12.8. The molecule has 1 N–H and O–H groups in total. The van der Waals surface area contributed by atoms with Crippen LogP contribution in [0.15, 0.2) is 29.3 Å². The third-order valence-electron chi connectivity index (χ3n) is 3.24. The summed E-state index contributed by atoms with van der Waals surface area (Å²) in [5, 5.41) is 3.59. The fourth-order valence-electron chi connectivity index (χ4n) is 2.17. The van der Waals surface area contributed by atoms with E-state index in [9.17, 15) is 9.18 Å². The number of carbonyl (C=O) groups excluding carboxylic acids is 1. The summed E-state index contributed by atoms with van der Waals surface area (Å²) >= 11 is 1.58. The number of thioether (sulfide) groups is 1. The van der Waals surface area contributed by atoms with Gasteiger partial charge in [-0.25, -0.2) is 4.39 Å². The highest BCUT2D eigenvalue weighted by Crippen LogP contribution is 2.47. The summed E-state index contributed by atoms with van der Waals surface area (Å²) in [6.45, 7) is 0.784. The van der Waals surface area contributed by atoms with Gasteiger partial charge in [-0.05, 0) is 30.0 Å². The molecule has 0 spiro atoms. The van der Waals surface area contributed by atoms with Crippen LogP contribution in [0.5, 0.6) is 0 Å². The maximum atomic E-state index is 12.8. The van der Waals surface area contributed by atoms with Crippen LogP contribution in [0.2, 0.25) is 0 Å². The lowest BCUT2D eigenvalue weighted by Crippen LogP contribution is -2.29. The standard InChI is InChI=1S/C13H13FN2OS/c14-9-3-1-8(2-4-9)10-7-11(10)12(17)16-13-15-5-6-18-13/h1-4,10-11H,5-7H2,(H,15,16,17)/t10-,11+/m1/s1. The smallest absolute Gasteiger partial charge is 0.229 e. The Labute approximate surface area is 109 Å². The van der Waals surface area contributed by atoms with Crippen molar-refractivity contribution in [3.8, 4) is 0 Å². The number of rotatable bonds is 2. The summed E-state index contributed by atoms with van der Waals surface area (Å²) < 4.78 is 12.8. The van der Waals surface area contributed by atoms with Crippen molar-refractivity contribution >= 4 is 22.8 Å². The normalized spacial score (nSPS) is 25.7. The highest BCUT2D eigenvalue weighted by atomic mass is 32.2. The quantitative estimate of drug-likeness (QED) is 0.889. The molecule has 5 heteroatoms. The number of halogens is 1. The predicted molar refractivity (Wildman–Crippen MR) is 70.2 cm³/mol. The second-order valence-electron chi connectivity index (χ2n) is 4.52. The van der Waals surface area contributed by atoms with Crippen molar-refractivity contribution in [2.45, 2.75) is 12.3 Å². The van der Waals surface area contributed by atoms with Crippen LogP contribution in [0.25, 0.3) is 0 Å². The zero-order valence-corrected chi connectivity index (χ0v) is 10.5. The lowest BCUT2D eigenvalue weighted by molar-refractivity contribution is -0.120. The molecule has 3 rings (SSSR count). The van der Waals surface area contributed by atoms with E-state index in [1.54, 1.807) is 23.9 Å². The second-order valence-corrected chi connectivity index (χ2v) is 5.61. The zero-order valence-electron chi connectivity index (χ0n) is 9.73. The number of amidine groups is 1. The van der Waals surface area contributed by atoms with E-state index in [2.05, 4.69) is 10.3 Å². The molecule has 2 aliphatic rings. The average molecular weight is 264 g/mol. The van der Waals surface area contributed by atoms with Gasteiger partial charge in [0.25, 0.3) is 0 Å². The third-order valence-corrected chi connectivity index (χ3v) is 4.13. The molecule has 1 aliphatic heterocycles. The lowest BCUT2D eigenvalue weighted by Gasteiger charge is -2.03. The van der Waals surface area contributed by atoms with Crippen LogP contribution in [0, 0.1) is 11.7 Å². The molecule has 0 bridgehead atoms. The van der Waals surface area contributed by atoms with Gasteiger partial charge in [0.05, 0.1) is 6.54 Å². The van der Waals surface area contributed by atoms with Gasteiger partial charge in [0.2, 0.25) is 5.91 Å². The van der Waals surface area contributed by atoms with Crippen LogP contribution >= 0.6 is 11.8 Å². The number of nitrogens with one attached hydrogen (secondary N) is 1. The Balaban J connectivity index is 1.60. The minimum Gasteiger partial charge on any atom is -0.305 e. The van der Waals surface area contributed by atoms with Gasteiger partial charge in [0, 0.05) is 11.7 Å². The predicted octanol–water partition coefficient (Wildman–Crippen LogP) is 2.15. The van der Waals surface area contributed by atoms with E-state index in [4.69, 9.17) is 0 Å². The van der Waals surface area contributed by atoms with E-state index >= 15 is 0 Å². The molecule has 1 aromatic rings. The number of aliphatic imine (C=N–C) groups is 1. The highest BCUT2D eigenvalue weighted by Gasteiger charge is 2.44. The third kappa shape index (κ3) is 2.41. The first-order chi connectivity index (χ1) is 8.74. The van der Waals surface area contributed by atoms with Crippen LogP contribution < -0.4 is 5.32 Å². The lowest BCUT2D eigenvalue weighted by atomic mass is 10.1. The summed E-state index contributed by atoms with van der Waals surface area (Å²) in [6.07, 6.45) is 0.843. The fraction of sp³-hybridized carbons (Fsp3) is 0.385. The Bertz CT molecular complexity index is 500. The summed E-state index contributed by atoms with van der Waals surface area (Å²) in [5.74, 6) is 0.994. The van der Waals surface area contributed by atoms with E-state index in [0.29, 0.717) is 0 Å². The molecular weight excluding hydrogens is 251 g/mol. The van der Waals surface area contributed by atoms with Crippen LogP contribution in [0.4, 0.5) is 4.39 Å². The van der Waals surface area contributed by atoms with E-state index in [-0.39, 0.29) is 23.6 Å². The number of hydrogen-bond donors (Lipinski definition) is 1. The Morgan fingerprint density at radius 3 is 2.83 bits per heavy atom. The Morgan fingerprint density at radius 1 is 1.39 bits per heavy atom. The van der Waals surface area contributed by atoms with E-state index in [1.165, 1.54) is 12.1 Å². The first kappa shape index (κ1) is 11.7. The number of hydrogen-bond acceptors (Lipinski definition) is 3. The minimum absolute atomic E-state index is 0.0133. The van der Waals surface area contributed by atoms with Crippen molar-refractivity contribution in [2.75, 3.05) is 12.3 Å². The van der Waals surface area contributed by atoms with Crippen molar-refractivity contribution in [2.24, 2.45) is 10.9 Å². The summed E-state index contributed by atoms with van der Waals surface area (Å²) in [4.78, 5) is 16.1. The van der Waals surface area contributed by atoms with Gasteiger partial charge in [-0.2, -0.15) is 0 Å². The monoisotopic (exact) mass is 264 g/mol. The highest BCUT2D eigenvalue weighted by molar-refractivity contribution is 8.14. The Kier molecular flexibility index (Phi) is 3.07. The molecule has 1 saturated carbocycles. The Morgan fingerprint density at radius 2 is 2.17 bits per heavy atom. The summed E-state index contributed by atoms with van der Waals surface area (Å²) in [6, 6.07) is 6.41. The molecule has 3 nitrogen and oxygen atoms in total. The van der Waals surface area contributed by atoms with Crippen molar-refractivity contribution in [1.82, 2.24) is 5.32 Å². The maximum Gasteiger partial charge on any atom is 0.229 e. The molecule has 1 amide bonds. The molecule has 0 unspecified atom stereocenters. The van der Waals surface area contributed by atoms with Crippen LogP contribution in [0.1, 0.15) is 17.9 Å². The molecule has 1 aliphatic carbocycles. The van der Waals surface area contributed by atoms with Crippen molar-refractivity contribution in [3.05, 3.63) is 35.6 Å². The number of carbonyl (C=O) groups is 1. The molecule has 2 atom stereocenters. The van der Waals surface area contributed by atoms with Gasteiger partial charge in [0.15, 0.2) is 5.17 Å². The van der Waals surface area contributed by atoms with E-state index in [1.807, 2.05) is 0 Å². The number of benzene rings is 1. The number of nitrogens with zero attached hydrogens (tertiary/aromatic N) is 1. The van der Waals surface area contributed by atoms with Gasteiger partial charge >= 0.3 is 0 Å². The van der Waals surface area contributed by atoms with Crippen molar-refractivity contribution in [3.63, 3.8) is 0 Å². The van der Waals surface area contributed by atoms with Crippen LogP contribution in [0.3, 0.4) is 0 Å². The SMILES string of the molecule is O=C(NC1=NCCS1)[C@H]1C[C@@H]1c1ccc(F)cc1. The molecule has 0 radical (unpaired) electrons. The molecule has 1 heterocycles. The van der Waals surface area contributed by atoms with Crippen LogP contribution in [-0.2, 0) is 4.79 Å². The van der Waals surface area contributed by atoms with Crippen molar-refractivity contribution in [1.29, 1.82) is 0 Å².